The predicted octanol–water partition coefficient (Wildman–Crippen LogP) is 4.48. The van der Waals surface area contributed by atoms with Gasteiger partial charge in [-0.05, 0) is 42.3 Å². The average molecular weight is 363 g/mol. The molecule has 1 atom stereocenters. The second kappa shape index (κ2) is 7.47. The van der Waals surface area contributed by atoms with Crippen molar-refractivity contribution in [1.82, 2.24) is 14.8 Å². The van der Waals surface area contributed by atoms with Crippen LogP contribution in [0.15, 0.2) is 61.2 Å². The monoisotopic (exact) mass is 363 g/mol. The molecular formula is C18H16F3N3O2. The zero-order chi connectivity index (χ0) is 18.6. The molecule has 0 saturated heterocycles. The van der Waals surface area contributed by atoms with Crippen LogP contribution in [0.3, 0.4) is 0 Å². The number of rotatable bonds is 6. The molecule has 8 heteroatoms. The van der Waals surface area contributed by atoms with Gasteiger partial charge in [0, 0.05) is 0 Å². The predicted molar refractivity (Wildman–Crippen MR) is 88.8 cm³/mol. The highest BCUT2D eigenvalue weighted by atomic mass is 19.4. The topological polar surface area (TPSA) is 49.2 Å². The van der Waals surface area contributed by atoms with Crippen LogP contribution >= 0.6 is 0 Å². The van der Waals surface area contributed by atoms with Gasteiger partial charge in [0.05, 0.1) is 6.04 Å². The fourth-order valence-corrected chi connectivity index (χ4v) is 2.35. The van der Waals surface area contributed by atoms with E-state index < -0.39 is 6.36 Å². The number of halogens is 3. The van der Waals surface area contributed by atoms with Crippen molar-refractivity contribution in [3.8, 4) is 22.6 Å². The molecule has 0 amide bonds. The molecule has 0 bridgehead atoms. The van der Waals surface area contributed by atoms with Crippen molar-refractivity contribution in [3.63, 3.8) is 0 Å². The van der Waals surface area contributed by atoms with Gasteiger partial charge in [-0.2, -0.15) is 5.10 Å². The lowest BCUT2D eigenvalue weighted by atomic mass is 10.1. The van der Waals surface area contributed by atoms with Crippen molar-refractivity contribution in [2.75, 3.05) is 6.61 Å². The summed E-state index contributed by atoms with van der Waals surface area (Å²) in [5.41, 5.74) is 1.59. The minimum Gasteiger partial charge on any atom is -0.491 e. The molecular weight excluding hydrogens is 347 g/mol. The molecule has 0 saturated carbocycles. The maximum atomic E-state index is 12.2. The van der Waals surface area contributed by atoms with Crippen molar-refractivity contribution >= 4 is 0 Å². The first-order chi connectivity index (χ1) is 12.4. The highest BCUT2D eigenvalue weighted by molar-refractivity contribution is 5.65. The molecule has 5 nitrogen and oxygen atoms in total. The number of hydrogen-bond acceptors (Lipinski definition) is 4. The molecule has 136 valence electrons. The summed E-state index contributed by atoms with van der Waals surface area (Å²) < 4.78 is 48.0. The first kappa shape index (κ1) is 17.8. The van der Waals surface area contributed by atoms with Crippen molar-refractivity contribution < 1.29 is 22.6 Å². The molecule has 0 aliphatic rings. The summed E-state index contributed by atoms with van der Waals surface area (Å²) >= 11 is 0. The SMILES string of the molecule is CC(COc1cccc(-c2ccc(OC(F)(F)F)cc2)c1)n1cncn1. The van der Waals surface area contributed by atoms with E-state index in [1.165, 1.54) is 18.5 Å². The van der Waals surface area contributed by atoms with Crippen LogP contribution in [0.4, 0.5) is 13.2 Å². The molecule has 0 fully saturated rings. The highest BCUT2D eigenvalue weighted by Crippen LogP contribution is 2.28. The maximum Gasteiger partial charge on any atom is 0.573 e. The Morgan fingerprint density at radius 2 is 1.81 bits per heavy atom. The molecule has 1 heterocycles. The number of nitrogens with zero attached hydrogens (tertiary/aromatic N) is 3. The van der Waals surface area contributed by atoms with Crippen molar-refractivity contribution in [3.05, 3.63) is 61.2 Å². The molecule has 0 spiro atoms. The fourth-order valence-electron chi connectivity index (χ4n) is 2.35. The zero-order valence-corrected chi connectivity index (χ0v) is 13.8. The standard InChI is InChI=1S/C18H16F3N3O2/c1-13(24-12-22-11-23-24)10-25-17-4-2-3-15(9-17)14-5-7-16(8-6-14)26-18(19,20)21/h2-9,11-13H,10H2,1H3. The van der Waals surface area contributed by atoms with Crippen LogP contribution in [0, 0.1) is 0 Å². The van der Waals surface area contributed by atoms with Gasteiger partial charge in [-0.3, -0.25) is 0 Å². The lowest BCUT2D eigenvalue weighted by molar-refractivity contribution is -0.274. The van der Waals surface area contributed by atoms with E-state index in [1.807, 2.05) is 31.2 Å². The van der Waals surface area contributed by atoms with Gasteiger partial charge in [0.25, 0.3) is 0 Å². The van der Waals surface area contributed by atoms with Crippen LogP contribution in [0.5, 0.6) is 11.5 Å². The first-order valence-corrected chi connectivity index (χ1v) is 7.84. The van der Waals surface area contributed by atoms with Gasteiger partial charge in [0.1, 0.15) is 30.8 Å². The Bertz CT molecular complexity index is 834. The zero-order valence-electron chi connectivity index (χ0n) is 13.8. The summed E-state index contributed by atoms with van der Waals surface area (Å²) in [5, 5.41) is 4.06. The van der Waals surface area contributed by atoms with E-state index in [1.54, 1.807) is 23.1 Å². The van der Waals surface area contributed by atoms with Crippen LogP contribution in [0.1, 0.15) is 13.0 Å². The molecule has 0 N–H and O–H groups in total. The number of benzene rings is 2. The second-order valence-electron chi connectivity index (χ2n) is 5.64. The first-order valence-electron chi connectivity index (χ1n) is 7.84. The van der Waals surface area contributed by atoms with Gasteiger partial charge in [0.2, 0.25) is 0 Å². The molecule has 0 radical (unpaired) electrons. The highest BCUT2D eigenvalue weighted by Gasteiger charge is 2.30. The summed E-state index contributed by atoms with van der Waals surface area (Å²) in [6.07, 6.45) is -1.62. The number of alkyl halides is 3. The minimum absolute atomic E-state index is 0.0138. The van der Waals surface area contributed by atoms with E-state index in [2.05, 4.69) is 14.8 Å². The maximum absolute atomic E-state index is 12.2. The van der Waals surface area contributed by atoms with Crippen LogP contribution in [-0.2, 0) is 0 Å². The van der Waals surface area contributed by atoms with Gasteiger partial charge in [0.15, 0.2) is 0 Å². The fraction of sp³-hybridized carbons (Fsp3) is 0.222. The van der Waals surface area contributed by atoms with Crippen LogP contribution in [-0.4, -0.2) is 27.7 Å². The Kier molecular flexibility index (Phi) is 5.11. The van der Waals surface area contributed by atoms with E-state index in [0.29, 0.717) is 12.4 Å². The van der Waals surface area contributed by atoms with Crippen LogP contribution in [0.25, 0.3) is 11.1 Å². The summed E-state index contributed by atoms with van der Waals surface area (Å²) in [4.78, 5) is 3.90. The molecule has 0 aliphatic heterocycles. The number of aromatic nitrogens is 3. The van der Waals surface area contributed by atoms with E-state index in [4.69, 9.17) is 4.74 Å². The van der Waals surface area contributed by atoms with Crippen LogP contribution < -0.4 is 9.47 Å². The lowest BCUT2D eigenvalue weighted by Gasteiger charge is -2.14. The molecule has 0 aliphatic carbocycles. The molecule has 26 heavy (non-hydrogen) atoms. The molecule has 3 rings (SSSR count). The molecule has 1 unspecified atom stereocenters. The Morgan fingerprint density at radius 3 is 2.46 bits per heavy atom. The normalized spacial score (nSPS) is 12.6. The average Bonchev–Trinajstić information content (AvgIpc) is 3.14. The van der Waals surface area contributed by atoms with Gasteiger partial charge in [-0.15, -0.1) is 13.2 Å². The van der Waals surface area contributed by atoms with Gasteiger partial charge in [-0.25, -0.2) is 9.67 Å². The van der Waals surface area contributed by atoms with Crippen molar-refractivity contribution in [2.24, 2.45) is 0 Å². The molecule has 2 aromatic carbocycles. The van der Waals surface area contributed by atoms with Crippen molar-refractivity contribution in [2.45, 2.75) is 19.3 Å². The molecule has 1 aromatic heterocycles. The third-order valence-electron chi connectivity index (χ3n) is 3.63. The Balaban J connectivity index is 1.67. The molecule has 3 aromatic rings. The second-order valence-corrected chi connectivity index (χ2v) is 5.64. The van der Waals surface area contributed by atoms with Gasteiger partial charge < -0.3 is 9.47 Å². The smallest absolute Gasteiger partial charge is 0.491 e. The minimum atomic E-state index is -4.70. The quantitative estimate of drug-likeness (QED) is 0.648. The number of hydrogen-bond donors (Lipinski definition) is 0. The summed E-state index contributed by atoms with van der Waals surface area (Å²) in [5.74, 6) is 0.403. The Labute approximate surface area is 148 Å². The van der Waals surface area contributed by atoms with E-state index in [9.17, 15) is 13.2 Å². The van der Waals surface area contributed by atoms with Gasteiger partial charge >= 0.3 is 6.36 Å². The summed E-state index contributed by atoms with van der Waals surface area (Å²) in [6.45, 7) is 2.36. The summed E-state index contributed by atoms with van der Waals surface area (Å²) in [6, 6.07) is 13.0. The Hall–Kier alpha value is -3.03. The third-order valence-corrected chi connectivity index (χ3v) is 3.63. The van der Waals surface area contributed by atoms with Gasteiger partial charge in [-0.1, -0.05) is 24.3 Å². The van der Waals surface area contributed by atoms with E-state index >= 15 is 0 Å². The van der Waals surface area contributed by atoms with Crippen LogP contribution in [0.2, 0.25) is 0 Å². The largest absolute Gasteiger partial charge is 0.573 e. The van der Waals surface area contributed by atoms with Crippen molar-refractivity contribution in [1.29, 1.82) is 0 Å². The van der Waals surface area contributed by atoms with E-state index in [0.717, 1.165) is 11.1 Å². The number of ether oxygens (including phenoxy) is 2. The Morgan fingerprint density at radius 1 is 1.04 bits per heavy atom. The lowest BCUT2D eigenvalue weighted by Crippen LogP contribution is -2.16. The third kappa shape index (κ3) is 4.75. The summed E-state index contributed by atoms with van der Waals surface area (Å²) in [7, 11) is 0. The van der Waals surface area contributed by atoms with E-state index in [-0.39, 0.29) is 11.8 Å².